The number of guanidine groups is 1. The normalized spacial score (nSPS) is 20.4. The van der Waals surface area contributed by atoms with Gasteiger partial charge < -0.3 is 15.4 Å². The van der Waals surface area contributed by atoms with Gasteiger partial charge in [0.25, 0.3) is 0 Å². The molecule has 0 aromatic carbocycles. The molecule has 3 rings (SSSR count). The minimum Gasteiger partial charge on any atom is -0.376 e. The van der Waals surface area contributed by atoms with Crippen molar-refractivity contribution in [2.45, 2.75) is 57.5 Å². The van der Waals surface area contributed by atoms with E-state index >= 15 is 0 Å². The van der Waals surface area contributed by atoms with Crippen LogP contribution in [-0.2, 0) is 24.0 Å². The van der Waals surface area contributed by atoms with Crippen molar-refractivity contribution >= 4 is 41.3 Å². The molecule has 5 nitrogen and oxygen atoms in total. The fourth-order valence-corrected chi connectivity index (χ4v) is 4.39. The summed E-state index contributed by atoms with van der Waals surface area (Å²) in [7, 11) is 1.82. The maximum absolute atomic E-state index is 5.62. The Hall–Kier alpha value is -0.410. The molecule has 1 aliphatic carbocycles. The summed E-state index contributed by atoms with van der Waals surface area (Å²) in [6.07, 6.45) is 9.90. The first kappa shape index (κ1) is 19.9. The standard InChI is InChI=1S/C17H28N4OS.HI/c1-18-17(20-12-13-6-5-11-22-13)19-10-4-9-16-21-14-7-2-3-8-15(14)23-16;/h13H,2-12H2,1H3,(H2,18,19,20);1H. The number of aromatic nitrogens is 1. The minimum absolute atomic E-state index is 0. The highest BCUT2D eigenvalue weighted by Gasteiger charge is 2.16. The molecule has 1 aromatic heterocycles. The van der Waals surface area contributed by atoms with Crippen LogP contribution < -0.4 is 10.6 Å². The number of aliphatic imine (C=N–C) groups is 1. The van der Waals surface area contributed by atoms with Crippen LogP contribution in [0.2, 0.25) is 0 Å². The topological polar surface area (TPSA) is 58.5 Å². The first-order valence-corrected chi connectivity index (χ1v) is 9.70. The second-order valence-corrected chi connectivity index (χ2v) is 7.47. The van der Waals surface area contributed by atoms with Crippen LogP contribution >= 0.6 is 35.3 Å². The molecule has 2 heterocycles. The molecule has 1 saturated heterocycles. The summed E-state index contributed by atoms with van der Waals surface area (Å²) in [5.74, 6) is 0.874. The lowest BCUT2D eigenvalue weighted by atomic mass is 10.0. The number of ether oxygens (including phenoxy) is 1. The fraction of sp³-hybridized carbons (Fsp3) is 0.765. The monoisotopic (exact) mass is 464 g/mol. The van der Waals surface area contributed by atoms with Crippen molar-refractivity contribution in [2.24, 2.45) is 4.99 Å². The van der Waals surface area contributed by atoms with Crippen LogP contribution in [0.4, 0.5) is 0 Å². The number of rotatable bonds is 6. The summed E-state index contributed by atoms with van der Waals surface area (Å²) in [6, 6.07) is 0. The van der Waals surface area contributed by atoms with Crippen LogP contribution in [0.15, 0.2) is 4.99 Å². The minimum atomic E-state index is 0. The van der Waals surface area contributed by atoms with E-state index in [9.17, 15) is 0 Å². The molecule has 0 radical (unpaired) electrons. The van der Waals surface area contributed by atoms with Crippen molar-refractivity contribution < 1.29 is 4.74 Å². The predicted octanol–water partition coefficient (Wildman–Crippen LogP) is 2.92. The van der Waals surface area contributed by atoms with E-state index < -0.39 is 0 Å². The van der Waals surface area contributed by atoms with E-state index in [-0.39, 0.29) is 24.0 Å². The number of halogens is 1. The molecule has 1 atom stereocenters. The maximum atomic E-state index is 5.62. The lowest BCUT2D eigenvalue weighted by Gasteiger charge is -2.14. The molecule has 1 fully saturated rings. The molecule has 1 aromatic rings. The van der Waals surface area contributed by atoms with E-state index in [2.05, 4.69) is 15.6 Å². The zero-order valence-corrected chi connectivity index (χ0v) is 17.6. The van der Waals surface area contributed by atoms with E-state index in [0.717, 1.165) is 44.9 Å². The highest BCUT2D eigenvalue weighted by atomic mass is 127. The smallest absolute Gasteiger partial charge is 0.191 e. The maximum Gasteiger partial charge on any atom is 0.191 e. The highest BCUT2D eigenvalue weighted by molar-refractivity contribution is 14.0. The van der Waals surface area contributed by atoms with Gasteiger partial charge in [-0.05, 0) is 44.9 Å². The summed E-state index contributed by atoms with van der Waals surface area (Å²) in [5, 5.41) is 8.04. The lowest BCUT2D eigenvalue weighted by molar-refractivity contribution is 0.114. The van der Waals surface area contributed by atoms with Crippen molar-refractivity contribution in [3.8, 4) is 0 Å². The molecular weight excluding hydrogens is 435 g/mol. The Kier molecular flexibility index (Phi) is 8.75. The van der Waals surface area contributed by atoms with Crippen LogP contribution in [0.1, 0.15) is 47.7 Å². The van der Waals surface area contributed by atoms with Gasteiger partial charge in [-0.3, -0.25) is 4.99 Å². The summed E-state index contributed by atoms with van der Waals surface area (Å²) in [6.45, 7) is 2.67. The summed E-state index contributed by atoms with van der Waals surface area (Å²) in [4.78, 5) is 10.6. The van der Waals surface area contributed by atoms with Gasteiger partial charge in [0.05, 0.1) is 16.8 Å². The Bertz CT molecular complexity index is 505. The summed E-state index contributed by atoms with van der Waals surface area (Å²) >= 11 is 1.93. The molecule has 136 valence electrons. The second-order valence-electron chi connectivity index (χ2n) is 6.30. The molecule has 0 spiro atoms. The first-order valence-electron chi connectivity index (χ1n) is 8.88. The Morgan fingerprint density at radius 2 is 2.17 bits per heavy atom. The van der Waals surface area contributed by atoms with E-state index in [1.165, 1.54) is 47.7 Å². The number of fused-ring (bicyclic) bond motifs is 1. The van der Waals surface area contributed by atoms with Crippen LogP contribution in [0.25, 0.3) is 0 Å². The van der Waals surface area contributed by atoms with Gasteiger partial charge in [-0.15, -0.1) is 35.3 Å². The van der Waals surface area contributed by atoms with Crippen molar-refractivity contribution in [3.05, 3.63) is 15.6 Å². The Balaban J connectivity index is 0.00000208. The number of hydrogen-bond donors (Lipinski definition) is 2. The molecule has 1 aliphatic heterocycles. The largest absolute Gasteiger partial charge is 0.376 e. The number of nitrogens with zero attached hydrogens (tertiary/aromatic N) is 2. The predicted molar refractivity (Wildman–Crippen MR) is 111 cm³/mol. The van der Waals surface area contributed by atoms with Gasteiger partial charge in [0, 0.05) is 38.0 Å². The molecule has 0 saturated carbocycles. The molecule has 24 heavy (non-hydrogen) atoms. The third-order valence-corrected chi connectivity index (χ3v) is 5.71. The van der Waals surface area contributed by atoms with Crippen LogP contribution in [0, 0.1) is 0 Å². The number of nitrogens with one attached hydrogen (secondary N) is 2. The van der Waals surface area contributed by atoms with Crippen molar-refractivity contribution in [2.75, 3.05) is 26.7 Å². The zero-order valence-electron chi connectivity index (χ0n) is 14.5. The third kappa shape index (κ3) is 5.84. The van der Waals surface area contributed by atoms with Crippen molar-refractivity contribution in [1.82, 2.24) is 15.6 Å². The highest BCUT2D eigenvalue weighted by Crippen LogP contribution is 2.27. The SMILES string of the molecule is CN=C(NCCCc1nc2c(s1)CCCC2)NCC1CCCO1.I. The van der Waals surface area contributed by atoms with E-state index in [4.69, 9.17) is 9.72 Å². The van der Waals surface area contributed by atoms with Gasteiger partial charge in [0.2, 0.25) is 0 Å². The molecule has 2 aliphatic rings. The summed E-state index contributed by atoms with van der Waals surface area (Å²) in [5.41, 5.74) is 1.37. The molecule has 0 bridgehead atoms. The summed E-state index contributed by atoms with van der Waals surface area (Å²) < 4.78 is 5.62. The van der Waals surface area contributed by atoms with Crippen molar-refractivity contribution in [3.63, 3.8) is 0 Å². The van der Waals surface area contributed by atoms with Gasteiger partial charge in [-0.2, -0.15) is 0 Å². The van der Waals surface area contributed by atoms with E-state index in [0.29, 0.717) is 6.10 Å². The van der Waals surface area contributed by atoms with Crippen LogP contribution in [0.5, 0.6) is 0 Å². The first-order chi connectivity index (χ1) is 11.3. The molecule has 1 unspecified atom stereocenters. The number of hydrogen-bond acceptors (Lipinski definition) is 4. The molecular formula is C17H29IN4OS. The van der Waals surface area contributed by atoms with Gasteiger partial charge in [-0.1, -0.05) is 0 Å². The quantitative estimate of drug-likeness (QED) is 0.294. The van der Waals surface area contributed by atoms with Crippen LogP contribution in [0.3, 0.4) is 0 Å². The third-order valence-electron chi connectivity index (χ3n) is 4.49. The van der Waals surface area contributed by atoms with E-state index in [1.807, 2.05) is 18.4 Å². The molecule has 7 heteroatoms. The Labute approximate surface area is 166 Å². The lowest BCUT2D eigenvalue weighted by Crippen LogP contribution is -2.41. The van der Waals surface area contributed by atoms with Crippen molar-refractivity contribution in [1.29, 1.82) is 0 Å². The second kappa shape index (κ2) is 10.6. The number of aryl methyl sites for hydroxylation is 3. The van der Waals surface area contributed by atoms with Gasteiger partial charge in [0.1, 0.15) is 0 Å². The average molecular weight is 464 g/mol. The fourth-order valence-electron chi connectivity index (χ4n) is 3.20. The van der Waals surface area contributed by atoms with Gasteiger partial charge >= 0.3 is 0 Å². The Morgan fingerprint density at radius 1 is 1.29 bits per heavy atom. The van der Waals surface area contributed by atoms with E-state index in [1.54, 1.807) is 0 Å². The van der Waals surface area contributed by atoms with Crippen LogP contribution in [-0.4, -0.2) is 43.8 Å². The number of thiazole rings is 1. The van der Waals surface area contributed by atoms with Gasteiger partial charge in [0.15, 0.2) is 5.96 Å². The molecule has 0 amide bonds. The molecule has 2 N–H and O–H groups in total. The Morgan fingerprint density at radius 3 is 2.92 bits per heavy atom. The zero-order chi connectivity index (χ0) is 15.9. The van der Waals surface area contributed by atoms with Gasteiger partial charge in [-0.25, -0.2) is 4.98 Å². The average Bonchev–Trinajstić information content (AvgIpc) is 3.23.